The lowest BCUT2D eigenvalue weighted by Gasteiger charge is -2.08. The summed E-state index contributed by atoms with van der Waals surface area (Å²) in [6.07, 6.45) is 0. The van der Waals surface area contributed by atoms with Crippen LogP contribution in [0, 0.1) is 5.82 Å². The first-order valence-corrected chi connectivity index (χ1v) is 6.26. The molecular weight excluding hydrogens is 305 g/mol. The first-order chi connectivity index (χ1) is 8.16. The van der Waals surface area contributed by atoms with E-state index in [0.717, 1.165) is 15.7 Å². The van der Waals surface area contributed by atoms with Crippen molar-refractivity contribution in [1.29, 1.82) is 0 Å². The van der Waals surface area contributed by atoms with Gasteiger partial charge in [0.1, 0.15) is 5.82 Å². The van der Waals surface area contributed by atoms with Crippen LogP contribution in [0.4, 0.5) is 10.1 Å². The van der Waals surface area contributed by atoms with Crippen LogP contribution in [0.25, 0.3) is 0 Å². The molecule has 0 aliphatic carbocycles. The van der Waals surface area contributed by atoms with Crippen LogP contribution in [-0.4, -0.2) is 0 Å². The minimum absolute atomic E-state index is 0.178. The molecule has 88 valence electrons. The Bertz CT molecular complexity index is 513. The molecule has 0 atom stereocenters. The molecule has 0 radical (unpaired) electrons. The maximum atomic E-state index is 13.2. The molecule has 0 aliphatic rings. The van der Waals surface area contributed by atoms with E-state index in [-0.39, 0.29) is 10.8 Å². The molecule has 0 amide bonds. The van der Waals surface area contributed by atoms with Crippen LogP contribution in [0.3, 0.4) is 0 Å². The van der Waals surface area contributed by atoms with Crippen LogP contribution in [0.2, 0.25) is 5.02 Å². The van der Waals surface area contributed by atoms with Gasteiger partial charge in [-0.05, 0) is 35.9 Å². The Labute approximate surface area is 113 Å². The van der Waals surface area contributed by atoms with Crippen molar-refractivity contribution in [1.82, 2.24) is 0 Å². The number of halogens is 3. The van der Waals surface area contributed by atoms with Crippen molar-refractivity contribution in [2.45, 2.75) is 6.54 Å². The molecule has 2 aromatic carbocycles. The minimum Gasteiger partial charge on any atom is -0.381 e. The quantitative estimate of drug-likeness (QED) is 0.853. The third-order valence-corrected chi connectivity index (χ3v) is 3.31. The molecule has 2 rings (SSSR count). The first kappa shape index (κ1) is 12.4. The molecule has 0 heterocycles. The summed E-state index contributed by atoms with van der Waals surface area (Å²) in [5.41, 5.74) is 1.71. The van der Waals surface area contributed by atoms with Crippen molar-refractivity contribution in [3.63, 3.8) is 0 Å². The predicted molar refractivity (Wildman–Crippen MR) is 72.9 cm³/mol. The minimum atomic E-state index is -0.387. The summed E-state index contributed by atoms with van der Waals surface area (Å²) in [5, 5.41) is 3.36. The summed E-state index contributed by atoms with van der Waals surface area (Å²) >= 11 is 9.23. The van der Waals surface area contributed by atoms with Gasteiger partial charge in [0.15, 0.2) is 0 Å². The molecule has 0 saturated heterocycles. The molecule has 0 saturated carbocycles. The van der Waals surface area contributed by atoms with Gasteiger partial charge in [-0.25, -0.2) is 4.39 Å². The van der Waals surface area contributed by atoms with Gasteiger partial charge in [0, 0.05) is 16.7 Å². The number of nitrogens with one attached hydrogen (secondary N) is 1. The topological polar surface area (TPSA) is 12.0 Å². The van der Waals surface area contributed by atoms with E-state index in [4.69, 9.17) is 11.6 Å². The van der Waals surface area contributed by atoms with E-state index in [1.54, 1.807) is 12.1 Å². The van der Waals surface area contributed by atoms with E-state index in [9.17, 15) is 4.39 Å². The summed E-state index contributed by atoms with van der Waals surface area (Å²) in [7, 11) is 0. The number of rotatable bonds is 3. The Hall–Kier alpha value is -1.06. The second-order valence-corrected chi connectivity index (χ2v) is 4.87. The van der Waals surface area contributed by atoms with E-state index in [1.165, 1.54) is 6.07 Å². The van der Waals surface area contributed by atoms with Crippen LogP contribution in [0.5, 0.6) is 0 Å². The molecule has 1 N–H and O–H groups in total. The molecule has 17 heavy (non-hydrogen) atoms. The molecule has 0 aliphatic heterocycles. The van der Waals surface area contributed by atoms with E-state index >= 15 is 0 Å². The smallest absolute Gasteiger partial charge is 0.142 e. The lowest BCUT2D eigenvalue weighted by atomic mass is 10.2. The van der Waals surface area contributed by atoms with E-state index in [2.05, 4.69) is 21.2 Å². The van der Waals surface area contributed by atoms with Crippen LogP contribution >= 0.6 is 27.5 Å². The largest absolute Gasteiger partial charge is 0.381 e. The monoisotopic (exact) mass is 313 g/mol. The highest BCUT2D eigenvalue weighted by molar-refractivity contribution is 9.10. The molecule has 4 heteroatoms. The van der Waals surface area contributed by atoms with E-state index < -0.39 is 0 Å². The summed E-state index contributed by atoms with van der Waals surface area (Å²) < 4.78 is 14.2. The van der Waals surface area contributed by atoms with Gasteiger partial charge < -0.3 is 5.32 Å². The third-order valence-electron chi connectivity index (χ3n) is 2.36. The van der Waals surface area contributed by atoms with Gasteiger partial charge in [-0.15, -0.1) is 0 Å². The molecule has 0 bridgehead atoms. The third kappa shape index (κ3) is 3.20. The standard InChI is InChI=1S/C13H10BrClFN/c14-10-4-6-11(7-5-10)17-8-9-2-1-3-12(16)13(9)15/h1-7,17H,8H2. The maximum absolute atomic E-state index is 13.2. The summed E-state index contributed by atoms with van der Waals surface area (Å²) in [6, 6.07) is 12.6. The Morgan fingerprint density at radius 2 is 1.82 bits per heavy atom. The van der Waals surface area contributed by atoms with Gasteiger partial charge in [0.05, 0.1) is 5.02 Å². The highest BCUT2D eigenvalue weighted by atomic mass is 79.9. The van der Waals surface area contributed by atoms with Gasteiger partial charge >= 0.3 is 0 Å². The fourth-order valence-corrected chi connectivity index (χ4v) is 1.91. The van der Waals surface area contributed by atoms with Crippen molar-refractivity contribution in [3.8, 4) is 0 Å². The lowest BCUT2D eigenvalue weighted by molar-refractivity contribution is 0.626. The van der Waals surface area contributed by atoms with Crippen molar-refractivity contribution in [2.75, 3.05) is 5.32 Å². The SMILES string of the molecule is Fc1cccc(CNc2ccc(Br)cc2)c1Cl. The van der Waals surface area contributed by atoms with Crippen molar-refractivity contribution < 1.29 is 4.39 Å². The van der Waals surface area contributed by atoms with Crippen molar-refractivity contribution in [3.05, 3.63) is 63.3 Å². The average Bonchev–Trinajstić information content (AvgIpc) is 2.33. The zero-order chi connectivity index (χ0) is 12.3. The molecule has 0 unspecified atom stereocenters. The Balaban J connectivity index is 2.07. The highest BCUT2D eigenvalue weighted by Crippen LogP contribution is 2.21. The van der Waals surface area contributed by atoms with Gasteiger partial charge in [-0.3, -0.25) is 0 Å². The van der Waals surface area contributed by atoms with Gasteiger partial charge in [-0.1, -0.05) is 39.7 Å². The van der Waals surface area contributed by atoms with Crippen LogP contribution < -0.4 is 5.32 Å². The molecular formula is C13H10BrClFN. The fourth-order valence-electron chi connectivity index (χ4n) is 1.45. The first-order valence-electron chi connectivity index (χ1n) is 5.09. The molecule has 1 nitrogen and oxygen atoms in total. The average molecular weight is 315 g/mol. The van der Waals surface area contributed by atoms with E-state index in [0.29, 0.717) is 6.54 Å². The Morgan fingerprint density at radius 3 is 2.53 bits per heavy atom. The number of benzene rings is 2. The lowest BCUT2D eigenvalue weighted by Crippen LogP contribution is -2.00. The van der Waals surface area contributed by atoms with Gasteiger partial charge in [0.2, 0.25) is 0 Å². The summed E-state index contributed by atoms with van der Waals surface area (Å²) in [6.45, 7) is 0.498. The Kier molecular flexibility index (Phi) is 4.02. The molecule has 0 aromatic heterocycles. The zero-order valence-electron chi connectivity index (χ0n) is 8.88. The van der Waals surface area contributed by atoms with Gasteiger partial charge in [0.25, 0.3) is 0 Å². The normalized spacial score (nSPS) is 10.3. The van der Waals surface area contributed by atoms with Crippen molar-refractivity contribution >= 4 is 33.2 Å². The van der Waals surface area contributed by atoms with Crippen LogP contribution in [0.15, 0.2) is 46.9 Å². The van der Waals surface area contributed by atoms with Crippen LogP contribution in [-0.2, 0) is 6.54 Å². The fraction of sp³-hybridized carbons (Fsp3) is 0.0769. The van der Waals surface area contributed by atoms with Crippen LogP contribution in [0.1, 0.15) is 5.56 Å². The predicted octanol–water partition coefficient (Wildman–Crippen LogP) is 4.85. The highest BCUT2D eigenvalue weighted by Gasteiger charge is 2.04. The zero-order valence-corrected chi connectivity index (χ0v) is 11.2. The van der Waals surface area contributed by atoms with Crippen molar-refractivity contribution in [2.24, 2.45) is 0 Å². The Morgan fingerprint density at radius 1 is 1.12 bits per heavy atom. The summed E-state index contributed by atoms with van der Waals surface area (Å²) in [5.74, 6) is -0.387. The maximum Gasteiger partial charge on any atom is 0.142 e. The number of hydrogen-bond acceptors (Lipinski definition) is 1. The number of hydrogen-bond donors (Lipinski definition) is 1. The molecule has 2 aromatic rings. The van der Waals surface area contributed by atoms with E-state index in [1.807, 2.05) is 24.3 Å². The summed E-state index contributed by atoms with van der Waals surface area (Å²) in [4.78, 5) is 0. The number of anilines is 1. The van der Waals surface area contributed by atoms with Gasteiger partial charge in [-0.2, -0.15) is 0 Å². The second kappa shape index (κ2) is 5.52. The second-order valence-electron chi connectivity index (χ2n) is 3.57. The molecule has 0 spiro atoms. The molecule has 0 fully saturated rings.